The van der Waals surface area contributed by atoms with E-state index in [2.05, 4.69) is 11.9 Å². The Hall–Kier alpha value is -0.870. The molecule has 2 fully saturated rings. The zero-order valence-corrected chi connectivity index (χ0v) is 11.9. The van der Waals surface area contributed by atoms with Gasteiger partial charge in [0.15, 0.2) is 0 Å². The van der Waals surface area contributed by atoms with Gasteiger partial charge in [-0.05, 0) is 51.1 Å². The Morgan fingerprint density at radius 1 is 1.42 bits per heavy atom. The second-order valence-electron chi connectivity index (χ2n) is 5.67. The standard InChI is InChI=1S/C15H26N2O2/c1-3-4-9-19-12(2)15(18)17-7-5-13-10-16-11-14(13)6-8-17/h3,12-14,16H,1,4-11H2,2H3/t12?,13-,14+. The van der Waals surface area contributed by atoms with Gasteiger partial charge in [-0.2, -0.15) is 0 Å². The number of carbonyl (C=O) groups excluding carboxylic acids is 1. The highest BCUT2D eigenvalue weighted by atomic mass is 16.5. The van der Waals surface area contributed by atoms with E-state index >= 15 is 0 Å². The van der Waals surface area contributed by atoms with Crippen LogP contribution in [0.2, 0.25) is 0 Å². The average Bonchev–Trinajstić information content (AvgIpc) is 2.77. The van der Waals surface area contributed by atoms with Crippen LogP contribution in [0.3, 0.4) is 0 Å². The molecule has 1 unspecified atom stereocenters. The quantitative estimate of drug-likeness (QED) is 0.604. The van der Waals surface area contributed by atoms with Crippen LogP contribution in [0.1, 0.15) is 26.2 Å². The van der Waals surface area contributed by atoms with Crippen molar-refractivity contribution in [3.63, 3.8) is 0 Å². The number of likely N-dealkylation sites (tertiary alicyclic amines) is 1. The summed E-state index contributed by atoms with van der Waals surface area (Å²) in [4.78, 5) is 14.3. The minimum Gasteiger partial charge on any atom is -0.368 e. The van der Waals surface area contributed by atoms with Crippen molar-refractivity contribution < 1.29 is 9.53 Å². The number of carbonyl (C=O) groups is 1. The fourth-order valence-corrected chi connectivity index (χ4v) is 3.10. The van der Waals surface area contributed by atoms with Crippen LogP contribution in [0, 0.1) is 11.8 Å². The Balaban J connectivity index is 1.80. The first-order valence-corrected chi connectivity index (χ1v) is 7.44. The summed E-state index contributed by atoms with van der Waals surface area (Å²) in [5.41, 5.74) is 0. The molecule has 108 valence electrons. The van der Waals surface area contributed by atoms with Gasteiger partial charge in [0.25, 0.3) is 5.91 Å². The van der Waals surface area contributed by atoms with Crippen LogP contribution < -0.4 is 5.32 Å². The first-order valence-electron chi connectivity index (χ1n) is 7.44. The lowest BCUT2D eigenvalue weighted by Gasteiger charge is -2.24. The number of fused-ring (bicyclic) bond motifs is 1. The molecule has 2 rings (SSSR count). The third kappa shape index (κ3) is 3.80. The third-order valence-corrected chi connectivity index (χ3v) is 4.37. The maximum Gasteiger partial charge on any atom is 0.251 e. The second-order valence-corrected chi connectivity index (χ2v) is 5.67. The largest absolute Gasteiger partial charge is 0.368 e. The molecule has 4 nitrogen and oxygen atoms in total. The number of nitrogens with one attached hydrogen (secondary N) is 1. The highest BCUT2D eigenvalue weighted by Gasteiger charge is 2.32. The fraction of sp³-hybridized carbons (Fsp3) is 0.800. The Morgan fingerprint density at radius 3 is 2.63 bits per heavy atom. The molecule has 19 heavy (non-hydrogen) atoms. The van der Waals surface area contributed by atoms with Crippen LogP contribution in [0.4, 0.5) is 0 Å². The van der Waals surface area contributed by atoms with E-state index in [1.807, 2.05) is 17.9 Å². The molecule has 0 aliphatic carbocycles. The highest BCUT2D eigenvalue weighted by Crippen LogP contribution is 2.27. The number of hydrogen-bond donors (Lipinski definition) is 1. The van der Waals surface area contributed by atoms with E-state index in [9.17, 15) is 4.79 Å². The Labute approximate surface area is 116 Å². The van der Waals surface area contributed by atoms with Crippen molar-refractivity contribution in [3.8, 4) is 0 Å². The van der Waals surface area contributed by atoms with Gasteiger partial charge in [-0.25, -0.2) is 0 Å². The maximum absolute atomic E-state index is 12.3. The second kappa shape index (κ2) is 7.06. The molecule has 1 N–H and O–H groups in total. The summed E-state index contributed by atoms with van der Waals surface area (Å²) < 4.78 is 5.56. The summed E-state index contributed by atoms with van der Waals surface area (Å²) in [6.07, 6.45) is 4.55. The van der Waals surface area contributed by atoms with Crippen molar-refractivity contribution in [1.29, 1.82) is 0 Å². The number of rotatable bonds is 5. The molecular formula is C15H26N2O2. The van der Waals surface area contributed by atoms with Crippen molar-refractivity contribution in [2.45, 2.75) is 32.3 Å². The van der Waals surface area contributed by atoms with E-state index in [1.165, 1.54) is 0 Å². The minimum atomic E-state index is -0.323. The van der Waals surface area contributed by atoms with Gasteiger partial charge in [0.05, 0.1) is 6.61 Å². The fourth-order valence-electron chi connectivity index (χ4n) is 3.10. The van der Waals surface area contributed by atoms with Gasteiger partial charge in [0.2, 0.25) is 0 Å². The normalized spacial score (nSPS) is 28.6. The SMILES string of the molecule is C=CCCOC(C)C(=O)N1CC[C@@H]2CNC[C@@H]2CC1. The van der Waals surface area contributed by atoms with Gasteiger partial charge < -0.3 is 15.0 Å². The molecule has 0 radical (unpaired) electrons. The summed E-state index contributed by atoms with van der Waals surface area (Å²) >= 11 is 0. The van der Waals surface area contributed by atoms with Gasteiger partial charge in [0, 0.05) is 13.1 Å². The van der Waals surface area contributed by atoms with Crippen molar-refractivity contribution in [2.75, 3.05) is 32.8 Å². The molecule has 0 bridgehead atoms. The van der Waals surface area contributed by atoms with Gasteiger partial charge >= 0.3 is 0 Å². The minimum absolute atomic E-state index is 0.150. The first kappa shape index (κ1) is 14.5. The Morgan fingerprint density at radius 2 is 2.05 bits per heavy atom. The van der Waals surface area contributed by atoms with Crippen molar-refractivity contribution >= 4 is 5.91 Å². The van der Waals surface area contributed by atoms with E-state index < -0.39 is 0 Å². The molecule has 3 atom stereocenters. The molecule has 2 aliphatic rings. The molecule has 0 aromatic heterocycles. The summed E-state index contributed by atoms with van der Waals surface area (Å²) in [5, 5.41) is 3.46. The monoisotopic (exact) mass is 266 g/mol. The summed E-state index contributed by atoms with van der Waals surface area (Å²) in [6, 6.07) is 0. The first-order chi connectivity index (χ1) is 9.22. The molecule has 2 saturated heterocycles. The highest BCUT2D eigenvalue weighted by molar-refractivity contribution is 5.80. The van der Waals surface area contributed by atoms with Gasteiger partial charge in [0.1, 0.15) is 6.10 Å². The number of ether oxygens (including phenoxy) is 1. The smallest absolute Gasteiger partial charge is 0.251 e. The van der Waals surface area contributed by atoms with Crippen LogP contribution in [-0.2, 0) is 9.53 Å². The predicted molar refractivity (Wildman–Crippen MR) is 75.9 cm³/mol. The zero-order valence-electron chi connectivity index (χ0n) is 11.9. The zero-order chi connectivity index (χ0) is 13.7. The molecule has 0 aromatic carbocycles. The molecule has 0 aromatic rings. The lowest BCUT2D eigenvalue weighted by atomic mass is 9.92. The third-order valence-electron chi connectivity index (χ3n) is 4.37. The number of hydrogen-bond acceptors (Lipinski definition) is 3. The number of amides is 1. The Bertz CT molecular complexity index is 305. The average molecular weight is 266 g/mol. The van der Waals surface area contributed by atoms with E-state index in [0.717, 1.165) is 57.3 Å². The lowest BCUT2D eigenvalue weighted by Crippen LogP contribution is -2.40. The van der Waals surface area contributed by atoms with Crippen LogP contribution in [0.5, 0.6) is 0 Å². The summed E-state index contributed by atoms with van der Waals surface area (Å²) in [7, 11) is 0. The molecule has 2 aliphatic heterocycles. The van der Waals surface area contributed by atoms with Crippen LogP contribution in [-0.4, -0.2) is 49.7 Å². The molecule has 4 heteroatoms. The van der Waals surface area contributed by atoms with E-state index in [-0.39, 0.29) is 12.0 Å². The number of nitrogens with zero attached hydrogens (tertiary/aromatic N) is 1. The topological polar surface area (TPSA) is 41.6 Å². The molecular weight excluding hydrogens is 240 g/mol. The maximum atomic E-state index is 12.3. The predicted octanol–water partition coefficient (Wildman–Crippen LogP) is 1.43. The van der Waals surface area contributed by atoms with Crippen molar-refractivity contribution in [3.05, 3.63) is 12.7 Å². The summed E-state index contributed by atoms with van der Waals surface area (Å²) in [5.74, 6) is 1.67. The van der Waals surface area contributed by atoms with Crippen molar-refractivity contribution in [2.24, 2.45) is 11.8 Å². The van der Waals surface area contributed by atoms with Crippen LogP contribution in [0.25, 0.3) is 0 Å². The van der Waals surface area contributed by atoms with Crippen LogP contribution >= 0.6 is 0 Å². The van der Waals surface area contributed by atoms with E-state index in [0.29, 0.717) is 6.61 Å². The molecule has 0 spiro atoms. The van der Waals surface area contributed by atoms with Crippen molar-refractivity contribution in [1.82, 2.24) is 10.2 Å². The van der Waals surface area contributed by atoms with Gasteiger partial charge in [-0.15, -0.1) is 6.58 Å². The Kier molecular flexibility index (Phi) is 5.40. The molecule has 1 amide bonds. The van der Waals surface area contributed by atoms with Gasteiger partial charge in [-0.3, -0.25) is 4.79 Å². The van der Waals surface area contributed by atoms with E-state index in [4.69, 9.17) is 4.74 Å². The summed E-state index contributed by atoms with van der Waals surface area (Å²) in [6.45, 7) is 10.1. The lowest BCUT2D eigenvalue weighted by molar-refractivity contribution is -0.142. The van der Waals surface area contributed by atoms with Crippen LogP contribution in [0.15, 0.2) is 12.7 Å². The van der Waals surface area contributed by atoms with Gasteiger partial charge in [-0.1, -0.05) is 6.08 Å². The molecule has 2 heterocycles. The van der Waals surface area contributed by atoms with E-state index in [1.54, 1.807) is 0 Å². The molecule has 0 saturated carbocycles.